The Morgan fingerprint density at radius 3 is 1.18 bits per heavy atom. The lowest BCUT2D eigenvalue weighted by Gasteiger charge is -2.25. The van der Waals surface area contributed by atoms with Crippen molar-refractivity contribution >= 4 is 33.9 Å². The molecule has 0 saturated heterocycles. The molecule has 0 spiro atoms. The number of hydrogen-bond donors (Lipinski definition) is 5. The van der Waals surface area contributed by atoms with Crippen molar-refractivity contribution in [1.82, 2.24) is 0 Å². The summed E-state index contributed by atoms with van der Waals surface area (Å²) in [7, 11) is -4.86. The Hall–Kier alpha value is -2.21. The zero-order valence-electron chi connectivity index (χ0n) is 22.6. The SMILES string of the molecule is NC(=O)CC(CCCCCCCCCCCCCCCCCCCC(C(=O)O)C(=O)O)(C(N)=O)S(=O)(=O)O. The maximum Gasteiger partial charge on any atom is 0.317 e. The Kier molecular flexibility index (Phi) is 18.6. The minimum Gasteiger partial charge on any atom is -0.481 e. The van der Waals surface area contributed by atoms with Crippen molar-refractivity contribution in [2.45, 2.75) is 133 Å². The highest BCUT2D eigenvalue weighted by molar-refractivity contribution is 7.88. The predicted octanol–water partition coefficient (Wildman–Crippen LogP) is 4.17. The van der Waals surface area contributed by atoms with Crippen molar-refractivity contribution in [1.29, 1.82) is 0 Å². The van der Waals surface area contributed by atoms with Crippen LogP contribution in [0.3, 0.4) is 0 Å². The van der Waals surface area contributed by atoms with Crippen molar-refractivity contribution in [2.24, 2.45) is 17.4 Å². The molecule has 0 radical (unpaired) electrons. The zero-order chi connectivity index (χ0) is 29.0. The fourth-order valence-corrected chi connectivity index (χ4v) is 5.67. The van der Waals surface area contributed by atoms with Gasteiger partial charge in [-0.25, -0.2) is 0 Å². The van der Waals surface area contributed by atoms with Crippen molar-refractivity contribution in [3.8, 4) is 0 Å². The number of rotatable bonds is 26. The smallest absolute Gasteiger partial charge is 0.317 e. The second-order valence-electron chi connectivity index (χ2n) is 10.3. The number of hydrogen-bond acceptors (Lipinski definition) is 6. The standard InChI is InChI=1S/C26H48N2O9S/c27-22(29)20-26(25(28)34,38(35,36)37)19-17-15-13-11-9-7-5-3-1-2-4-6-8-10-12-14-16-18-21(23(30)31)24(32)33/h21H,1-20H2,(H2,27,29)(H2,28,34)(H,30,31)(H,32,33)(H,35,36,37). The van der Waals surface area contributed by atoms with Crippen LogP contribution in [0.25, 0.3) is 0 Å². The molecular formula is C26H48N2O9S. The fraction of sp³-hybridized carbons (Fsp3) is 0.846. The van der Waals surface area contributed by atoms with Crippen molar-refractivity contribution in [3.63, 3.8) is 0 Å². The topological polar surface area (TPSA) is 215 Å². The van der Waals surface area contributed by atoms with E-state index in [4.69, 9.17) is 21.7 Å². The van der Waals surface area contributed by atoms with Gasteiger partial charge in [-0.2, -0.15) is 8.42 Å². The maximum atomic E-state index is 11.7. The van der Waals surface area contributed by atoms with E-state index in [2.05, 4.69) is 0 Å². The van der Waals surface area contributed by atoms with Crippen LogP contribution in [0.1, 0.15) is 128 Å². The predicted molar refractivity (Wildman–Crippen MR) is 144 cm³/mol. The number of carboxylic acid groups (broad SMARTS) is 2. The Balaban J connectivity index is 3.67. The molecule has 0 fully saturated rings. The normalized spacial score (nSPS) is 13.3. The lowest BCUT2D eigenvalue weighted by Crippen LogP contribution is -2.52. The first-order chi connectivity index (χ1) is 17.8. The van der Waals surface area contributed by atoms with E-state index in [-0.39, 0.29) is 12.8 Å². The third-order valence-electron chi connectivity index (χ3n) is 7.07. The van der Waals surface area contributed by atoms with Gasteiger partial charge in [-0.1, -0.05) is 109 Å². The van der Waals surface area contributed by atoms with Crippen LogP contribution in [0, 0.1) is 5.92 Å². The summed E-state index contributed by atoms with van der Waals surface area (Å²) in [5.41, 5.74) is 10.2. The molecule has 0 saturated carbocycles. The molecule has 0 aliphatic heterocycles. The first-order valence-electron chi connectivity index (χ1n) is 13.9. The molecule has 0 aliphatic rings. The summed E-state index contributed by atoms with van der Waals surface area (Å²) in [6.45, 7) is 0. The van der Waals surface area contributed by atoms with Crippen LogP contribution in [-0.4, -0.2) is 51.7 Å². The fourth-order valence-electron chi connectivity index (χ4n) is 4.69. The monoisotopic (exact) mass is 564 g/mol. The number of nitrogens with two attached hydrogens (primary N) is 2. The molecule has 0 aromatic carbocycles. The molecule has 222 valence electrons. The van der Waals surface area contributed by atoms with E-state index >= 15 is 0 Å². The molecule has 0 heterocycles. The van der Waals surface area contributed by atoms with Gasteiger partial charge < -0.3 is 21.7 Å². The minimum absolute atomic E-state index is 0.192. The molecular weight excluding hydrogens is 516 g/mol. The van der Waals surface area contributed by atoms with Crippen LogP contribution in [0.4, 0.5) is 0 Å². The van der Waals surface area contributed by atoms with Crippen LogP contribution >= 0.6 is 0 Å². The van der Waals surface area contributed by atoms with Crippen LogP contribution < -0.4 is 11.5 Å². The minimum atomic E-state index is -4.86. The summed E-state index contributed by atoms with van der Waals surface area (Å²) in [5.74, 6) is -6.09. The first-order valence-corrected chi connectivity index (χ1v) is 15.3. The summed E-state index contributed by atoms with van der Waals surface area (Å²) >= 11 is 0. The van der Waals surface area contributed by atoms with Gasteiger partial charge >= 0.3 is 11.9 Å². The highest BCUT2D eigenvalue weighted by Gasteiger charge is 2.49. The third kappa shape index (κ3) is 15.3. The lowest BCUT2D eigenvalue weighted by molar-refractivity contribution is -0.154. The van der Waals surface area contributed by atoms with Gasteiger partial charge in [0.05, 0.1) is 6.42 Å². The van der Waals surface area contributed by atoms with E-state index in [0.717, 1.165) is 51.4 Å². The molecule has 0 aliphatic carbocycles. The summed E-state index contributed by atoms with van der Waals surface area (Å²) < 4.78 is 30.5. The van der Waals surface area contributed by atoms with Gasteiger partial charge in [0.2, 0.25) is 11.8 Å². The van der Waals surface area contributed by atoms with Crippen LogP contribution in [0.2, 0.25) is 0 Å². The van der Waals surface area contributed by atoms with Crippen LogP contribution in [0.15, 0.2) is 0 Å². The number of amides is 2. The Morgan fingerprint density at radius 1 is 0.605 bits per heavy atom. The van der Waals surface area contributed by atoms with E-state index < -0.39 is 51.0 Å². The van der Waals surface area contributed by atoms with Crippen LogP contribution in [-0.2, 0) is 29.3 Å². The second-order valence-corrected chi connectivity index (χ2v) is 12.0. The second kappa shape index (κ2) is 19.8. The quantitative estimate of drug-likeness (QED) is 0.0577. The number of primary amides is 2. The lowest BCUT2D eigenvalue weighted by atomic mass is 9.95. The molecule has 0 aromatic heterocycles. The molecule has 2 amide bonds. The average molecular weight is 565 g/mol. The van der Waals surface area contributed by atoms with Gasteiger partial charge in [-0.05, 0) is 12.8 Å². The number of carbonyl (C=O) groups is 4. The highest BCUT2D eigenvalue weighted by Crippen LogP contribution is 2.28. The summed E-state index contributed by atoms with van der Waals surface area (Å²) in [6.07, 6.45) is 16.1. The van der Waals surface area contributed by atoms with Crippen molar-refractivity contribution in [3.05, 3.63) is 0 Å². The van der Waals surface area contributed by atoms with E-state index in [1.165, 1.54) is 38.5 Å². The van der Waals surface area contributed by atoms with E-state index in [1.54, 1.807) is 0 Å². The Labute approximate surface area is 226 Å². The molecule has 1 atom stereocenters. The van der Waals surface area contributed by atoms with E-state index in [9.17, 15) is 32.1 Å². The summed E-state index contributed by atoms with van der Waals surface area (Å²) in [6, 6.07) is 0. The maximum absolute atomic E-state index is 11.7. The Morgan fingerprint density at radius 2 is 0.921 bits per heavy atom. The molecule has 7 N–H and O–H groups in total. The number of carboxylic acids is 2. The molecule has 12 heteroatoms. The molecule has 0 rings (SSSR count). The average Bonchev–Trinajstić information content (AvgIpc) is 2.80. The largest absolute Gasteiger partial charge is 0.481 e. The van der Waals surface area contributed by atoms with Gasteiger partial charge in [0.25, 0.3) is 10.1 Å². The van der Waals surface area contributed by atoms with Gasteiger partial charge in [0.15, 0.2) is 10.7 Å². The highest BCUT2D eigenvalue weighted by atomic mass is 32.2. The summed E-state index contributed by atoms with van der Waals surface area (Å²) in [5, 5.41) is 17.7. The molecule has 1 unspecified atom stereocenters. The van der Waals surface area contributed by atoms with Gasteiger partial charge in [0.1, 0.15) is 0 Å². The van der Waals surface area contributed by atoms with E-state index in [0.29, 0.717) is 19.3 Å². The molecule has 11 nitrogen and oxygen atoms in total. The molecule has 0 bridgehead atoms. The number of carbonyl (C=O) groups excluding carboxylic acids is 2. The summed E-state index contributed by atoms with van der Waals surface area (Å²) in [4.78, 5) is 44.6. The Bertz CT molecular complexity index is 819. The van der Waals surface area contributed by atoms with E-state index in [1.807, 2.05) is 0 Å². The van der Waals surface area contributed by atoms with Crippen molar-refractivity contribution < 1.29 is 42.4 Å². The zero-order valence-corrected chi connectivity index (χ0v) is 23.4. The number of aliphatic carboxylic acids is 2. The third-order valence-corrected chi connectivity index (χ3v) is 8.61. The van der Waals surface area contributed by atoms with Gasteiger partial charge in [0, 0.05) is 0 Å². The van der Waals surface area contributed by atoms with Gasteiger partial charge in [-0.15, -0.1) is 0 Å². The molecule has 38 heavy (non-hydrogen) atoms. The van der Waals surface area contributed by atoms with Crippen molar-refractivity contribution in [2.75, 3.05) is 0 Å². The first kappa shape index (κ1) is 35.8. The molecule has 0 aromatic rings. The number of unbranched alkanes of at least 4 members (excludes halogenated alkanes) is 16. The van der Waals surface area contributed by atoms with Crippen LogP contribution in [0.5, 0.6) is 0 Å². The van der Waals surface area contributed by atoms with Gasteiger partial charge in [-0.3, -0.25) is 23.7 Å².